The van der Waals surface area contributed by atoms with Gasteiger partial charge >= 0.3 is 5.97 Å². The molecule has 6 heteroatoms. The van der Waals surface area contributed by atoms with Crippen molar-refractivity contribution in [1.82, 2.24) is 4.98 Å². The molecule has 1 aromatic heterocycles. The van der Waals surface area contributed by atoms with Crippen molar-refractivity contribution in [2.45, 2.75) is 13.8 Å². The van der Waals surface area contributed by atoms with Gasteiger partial charge in [0.25, 0.3) is 5.91 Å². The maximum Gasteiger partial charge on any atom is 0.331 e. The van der Waals surface area contributed by atoms with Crippen LogP contribution in [0, 0.1) is 0 Å². The molecule has 0 spiro atoms. The molecule has 0 fully saturated rings. The van der Waals surface area contributed by atoms with E-state index >= 15 is 0 Å². The predicted molar refractivity (Wildman–Crippen MR) is 73.2 cm³/mol. The Morgan fingerprint density at radius 3 is 2.26 bits per heavy atom. The molecule has 1 aromatic rings. The van der Waals surface area contributed by atoms with Crippen molar-refractivity contribution in [3.63, 3.8) is 0 Å². The summed E-state index contributed by atoms with van der Waals surface area (Å²) in [7, 11) is 3.73. The molecule has 0 atom stereocenters. The number of aliphatic carboxylic acids is 1. The molecule has 0 aliphatic carbocycles. The van der Waals surface area contributed by atoms with E-state index in [9.17, 15) is 9.59 Å². The molecule has 1 rings (SSSR count). The molecule has 1 heterocycles. The second-order valence-electron chi connectivity index (χ2n) is 4.31. The SMILES string of the molecule is CC(C(=O)O)=C(C)C(=O)Nc1ccc(N(C)C)nc1. The van der Waals surface area contributed by atoms with Crippen molar-refractivity contribution < 1.29 is 14.7 Å². The number of hydrogen-bond acceptors (Lipinski definition) is 4. The Bertz CT molecular complexity index is 518. The van der Waals surface area contributed by atoms with E-state index in [4.69, 9.17) is 5.11 Å². The molecule has 102 valence electrons. The summed E-state index contributed by atoms with van der Waals surface area (Å²) in [5.74, 6) is -0.778. The van der Waals surface area contributed by atoms with Crippen LogP contribution in [0.3, 0.4) is 0 Å². The number of nitrogens with zero attached hydrogens (tertiary/aromatic N) is 2. The molecule has 0 aliphatic rings. The zero-order valence-electron chi connectivity index (χ0n) is 11.4. The van der Waals surface area contributed by atoms with Crippen molar-refractivity contribution in [2.75, 3.05) is 24.3 Å². The van der Waals surface area contributed by atoms with Gasteiger partial charge in [0, 0.05) is 25.2 Å². The quantitative estimate of drug-likeness (QED) is 0.804. The van der Waals surface area contributed by atoms with Gasteiger partial charge < -0.3 is 15.3 Å². The number of amides is 1. The third-order valence-electron chi connectivity index (χ3n) is 2.69. The van der Waals surface area contributed by atoms with Gasteiger partial charge in [0.15, 0.2) is 0 Å². The lowest BCUT2D eigenvalue weighted by molar-refractivity contribution is -0.133. The largest absolute Gasteiger partial charge is 0.478 e. The van der Waals surface area contributed by atoms with Crippen molar-refractivity contribution in [2.24, 2.45) is 0 Å². The summed E-state index contributed by atoms with van der Waals surface area (Å²) in [6.45, 7) is 2.87. The molecule has 0 aromatic carbocycles. The van der Waals surface area contributed by atoms with E-state index in [1.807, 2.05) is 19.0 Å². The number of aromatic nitrogens is 1. The Hall–Kier alpha value is -2.37. The van der Waals surface area contributed by atoms with Crippen molar-refractivity contribution in [3.8, 4) is 0 Å². The summed E-state index contributed by atoms with van der Waals surface area (Å²) in [5, 5.41) is 11.4. The van der Waals surface area contributed by atoms with E-state index in [-0.39, 0.29) is 11.1 Å². The van der Waals surface area contributed by atoms with Crippen LogP contribution in [0.2, 0.25) is 0 Å². The molecule has 0 radical (unpaired) electrons. The lowest BCUT2D eigenvalue weighted by Gasteiger charge is -2.12. The Morgan fingerprint density at radius 1 is 1.21 bits per heavy atom. The van der Waals surface area contributed by atoms with Crippen LogP contribution in [-0.2, 0) is 9.59 Å². The summed E-state index contributed by atoms with van der Waals surface area (Å²) >= 11 is 0. The van der Waals surface area contributed by atoms with Gasteiger partial charge in [-0.15, -0.1) is 0 Å². The highest BCUT2D eigenvalue weighted by Gasteiger charge is 2.12. The number of carboxylic acid groups (broad SMARTS) is 1. The molecule has 2 N–H and O–H groups in total. The zero-order valence-corrected chi connectivity index (χ0v) is 11.4. The van der Waals surface area contributed by atoms with Crippen LogP contribution in [-0.4, -0.2) is 36.1 Å². The first kappa shape index (κ1) is 14.7. The van der Waals surface area contributed by atoms with Gasteiger partial charge in [0.05, 0.1) is 11.9 Å². The van der Waals surface area contributed by atoms with Crippen LogP contribution in [0.5, 0.6) is 0 Å². The number of pyridine rings is 1. The number of rotatable bonds is 4. The number of carboxylic acids is 1. The minimum Gasteiger partial charge on any atom is -0.478 e. The third-order valence-corrected chi connectivity index (χ3v) is 2.69. The highest BCUT2D eigenvalue weighted by Crippen LogP contribution is 2.13. The summed E-state index contributed by atoms with van der Waals surface area (Å²) in [6.07, 6.45) is 1.52. The normalized spacial score (nSPS) is 11.6. The van der Waals surface area contributed by atoms with Crippen molar-refractivity contribution in [3.05, 3.63) is 29.5 Å². The van der Waals surface area contributed by atoms with Crippen LogP contribution in [0.15, 0.2) is 29.5 Å². The van der Waals surface area contributed by atoms with Crippen LogP contribution in [0.1, 0.15) is 13.8 Å². The van der Waals surface area contributed by atoms with E-state index in [1.165, 1.54) is 20.0 Å². The number of hydrogen-bond donors (Lipinski definition) is 2. The fourth-order valence-electron chi connectivity index (χ4n) is 1.28. The summed E-state index contributed by atoms with van der Waals surface area (Å²) in [5.41, 5.74) is 0.715. The predicted octanol–water partition coefficient (Wildman–Crippen LogP) is 1.51. The van der Waals surface area contributed by atoms with Gasteiger partial charge in [-0.2, -0.15) is 0 Å². The summed E-state index contributed by atoms with van der Waals surface area (Å²) in [4.78, 5) is 28.6. The monoisotopic (exact) mass is 263 g/mol. The molecule has 0 unspecified atom stereocenters. The fourth-order valence-corrected chi connectivity index (χ4v) is 1.28. The van der Waals surface area contributed by atoms with E-state index in [1.54, 1.807) is 12.1 Å². The van der Waals surface area contributed by atoms with Gasteiger partial charge in [-0.25, -0.2) is 9.78 Å². The molecule has 0 aliphatic heterocycles. The second kappa shape index (κ2) is 5.99. The van der Waals surface area contributed by atoms with E-state index in [2.05, 4.69) is 10.3 Å². The summed E-state index contributed by atoms with van der Waals surface area (Å²) in [6, 6.07) is 3.47. The Balaban J connectivity index is 2.83. The Morgan fingerprint density at radius 2 is 1.84 bits per heavy atom. The minimum absolute atomic E-state index is 0.0235. The zero-order chi connectivity index (χ0) is 14.6. The van der Waals surface area contributed by atoms with E-state index in [0.717, 1.165) is 5.82 Å². The molecule has 6 nitrogen and oxygen atoms in total. The maximum absolute atomic E-state index is 11.8. The van der Waals surface area contributed by atoms with Crippen molar-refractivity contribution >= 4 is 23.4 Å². The minimum atomic E-state index is -1.10. The molecule has 0 saturated heterocycles. The Kier molecular flexibility index (Phi) is 4.63. The van der Waals surface area contributed by atoms with Gasteiger partial charge in [-0.3, -0.25) is 4.79 Å². The van der Waals surface area contributed by atoms with Crippen LogP contribution >= 0.6 is 0 Å². The molecular formula is C13H17N3O3. The second-order valence-corrected chi connectivity index (χ2v) is 4.31. The smallest absolute Gasteiger partial charge is 0.331 e. The van der Waals surface area contributed by atoms with E-state index < -0.39 is 11.9 Å². The van der Waals surface area contributed by atoms with Gasteiger partial charge in [0.2, 0.25) is 0 Å². The molecule has 0 saturated carbocycles. The van der Waals surface area contributed by atoms with Gasteiger partial charge in [-0.05, 0) is 26.0 Å². The van der Waals surface area contributed by atoms with Gasteiger partial charge in [0.1, 0.15) is 5.82 Å². The average molecular weight is 263 g/mol. The number of anilines is 2. The van der Waals surface area contributed by atoms with Gasteiger partial charge in [-0.1, -0.05) is 0 Å². The average Bonchev–Trinajstić information content (AvgIpc) is 2.37. The molecule has 19 heavy (non-hydrogen) atoms. The number of carbonyl (C=O) groups excluding carboxylic acids is 1. The molecular weight excluding hydrogens is 246 g/mol. The standard InChI is InChI=1S/C13H17N3O3/c1-8(9(2)13(18)19)12(17)15-10-5-6-11(14-7-10)16(3)4/h5-7H,1-4H3,(H,15,17)(H,18,19). The molecule has 0 bridgehead atoms. The highest BCUT2D eigenvalue weighted by molar-refractivity contribution is 6.08. The number of carbonyl (C=O) groups is 2. The molecule has 1 amide bonds. The lowest BCUT2D eigenvalue weighted by atomic mass is 10.1. The van der Waals surface area contributed by atoms with Crippen LogP contribution in [0.25, 0.3) is 0 Å². The Labute approximate surface area is 111 Å². The maximum atomic E-state index is 11.8. The lowest BCUT2D eigenvalue weighted by Crippen LogP contribution is -2.16. The van der Waals surface area contributed by atoms with Crippen LogP contribution < -0.4 is 10.2 Å². The summed E-state index contributed by atoms with van der Waals surface area (Å²) < 4.78 is 0. The topological polar surface area (TPSA) is 82.5 Å². The van der Waals surface area contributed by atoms with E-state index in [0.29, 0.717) is 5.69 Å². The van der Waals surface area contributed by atoms with Crippen molar-refractivity contribution in [1.29, 1.82) is 0 Å². The third kappa shape index (κ3) is 3.80. The fraction of sp³-hybridized carbons (Fsp3) is 0.308. The highest BCUT2D eigenvalue weighted by atomic mass is 16.4. The first-order valence-electron chi connectivity index (χ1n) is 5.68. The van der Waals surface area contributed by atoms with Crippen LogP contribution in [0.4, 0.5) is 11.5 Å². The number of nitrogens with one attached hydrogen (secondary N) is 1. The first-order chi connectivity index (χ1) is 8.82. The first-order valence-corrected chi connectivity index (χ1v) is 5.68.